The Balaban J connectivity index is 2.27. The first-order valence-corrected chi connectivity index (χ1v) is 7.56. The van der Waals surface area contributed by atoms with E-state index in [2.05, 4.69) is 9.97 Å². The minimum atomic E-state index is -0.526. The summed E-state index contributed by atoms with van der Waals surface area (Å²) < 4.78 is 0. The minimum Gasteiger partial charge on any atom is -0.493 e. The van der Waals surface area contributed by atoms with Crippen molar-refractivity contribution in [2.45, 2.75) is 5.92 Å². The van der Waals surface area contributed by atoms with Crippen molar-refractivity contribution in [3.63, 3.8) is 0 Å². The molecule has 3 rings (SSSR count). The first-order chi connectivity index (χ1) is 11.1. The molecule has 1 heterocycles. The van der Waals surface area contributed by atoms with Crippen LogP contribution in [0.2, 0.25) is 10.0 Å². The monoisotopic (exact) mass is 346 g/mol. The van der Waals surface area contributed by atoms with Crippen LogP contribution in [-0.4, -0.2) is 20.2 Å². The van der Waals surface area contributed by atoms with Gasteiger partial charge in [-0.25, -0.2) is 9.97 Å². The van der Waals surface area contributed by atoms with Gasteiger partial charge in [-0.15, -0.1) is 0 Å². The highest BCUT2D eigenvalue weighted by atomic mass is 35.5. The molecule has 0 bridgehead atoms. The topological polar surface area (TPSA) is 66.2 Å². The van der Waals surface area contributed by atoms with Crippen molar-refractivity contribution in [1.29, 1.82) is 0 Å². The second-order valence-corrected chi connectivity index (χ2v) is 5.79. The molecule has 23 heavy (non-hydrogen) atoms. The molecule has 1 aromatic heterocycles. The van der Waals surface area contributed by atoms with Gasteiger partial charge in [0.05, 0.1) is 5.56 Å². The Morgan fingerprint density at radius 1 is 0.870 bits per heavy atom. The fraction of sp³-hybridized carbons (Fsp3) is 0.0588. The fourth-order valence-electron chi connectivity index (χ4n) is 2.52. The van der Waals surface area contributed by atoms with Crippen LogP contribution in [0.3, 0.4) is 0 Å². The standard InChI is InChI=1S/C17H12Cl2N2O2/c18-11-6-7-12(13(19)8-11)14(10-4-2-1-3-5-10)15-16(22)20-9-21-17(15)23/h1-9,14H,(H2,20,21,22,23). The summed E-state index contributed by atoms with van der Waals surface area (Å²) in [6, 6.07) is 14.4. The highest BCUT2D eigenvalue weighted by Gasteiger charge is 2.26. The SMILES string of the molecule is Oc1ncnc(O)c1C(c1ccccc1)c1ccc(Cl)cc1Cl. The lowest BCUT2D eigenvalue weighted by Crippen LogP contribution is -2.06. The molecule has 0 saturated carbocycles. The minimum absolute atomic E-state index is 0.197. The average Bonchev–Trinajstić information content (AvgIpc) is 2.53. The van der Waals surface area contributed by atoms with Gasteiger partial charge in [0.1, 0.15) is 6.33 Å². The molecule has 0 amide bonds. The second-order valence-electron chi connectivity index (χ2n) is 4.94. The van der Waals surface area contributed by atoms with Crippen molar-refractivity contribution in [2.75, 3.05) is 0 Å². The fourth-order valence-corrected chi connectivity index (χ4v) is 3.04. The summed E-state index contributed by atoms with van der Waals surface area (Å²) in [7, 11) is 0. The van der Waals surface area contributed by atoms with Gasteiger partial charge in [-0.05, 0) is 23.3 Å². The summed E-state index contributed by atoms with van der Waals surface area (Å²) in [5, 5.41) is 21.2. The number of aromatic hydroxyl groups is 2. The lowest BCUT2D eigenvalue weighted by atomic mass is 9.86. The molecule has 4 nitrogen and oxygen atoms in total. The van der Waals surface area contributed by atoms with Crippen LogP contribution in [0.1, 0.15) is 22.6 Å². The van der Waals surface area contributed by atoms with E-state index in [1.165, 1.54) is 0 Å². The number of hydrogen-bond donors (Lipinski definition) is 2. The van der Waals surface area contributed by atoms with Crippen LogP contribution < -0.4 is 0 Å². The number of benzene rings is 2. The molecule has 1 atom stereocenters. The molecule has 1 unspecified atom stereocenters. The molecule has 6 heteroatoms. The van der Waals surface area contributed by atoms with E-state index in [-0.39, 0.29) is 17.3 Å². The van der Waals surface area contributed by atoms with Crippen LogP contribution in [0.5, 0.6) is 11.8 Å². The first kappa shape index (κ1) is 15.6. The number of nitrogens with zero attached hydrogens (tertiary/aromatic N) is 2. The quantitative estimate of drug-likeness (QED) is 0.738. The van der Waals surface area contributed by atoms with E-state index in [9.17, 15) is 10.2 Å². The van der Waals surface area contributed by atoms with Gasteiger partial charge in [-0.1, -0.05) is 59.6 Å². The summed E-state index contributed by atoms with van der Waals surface area (Å²) in [5.74, 6) is -1.11. The number of rotatable bonds is 3. The molecule has 0 saturated heterocycles. The summed E-state index contributed by atoms with van der Waals surface area (Å²) >= 11 is 12.3. The molecule has 0 fully saturated rings. The van der Waals surface area contributed by atoms with E-state index in [0.717, 1.165) is 11.9 Å². The van der Waals surface area contributed by atoms with Gasteiger partial charge in [-0.3, -0.25) is 0 Å². The summed E-state index contributed by atoms with van der Waals surface area (Å²) in [6.45, 7) is 0. The zero-order valence-electron chi connectivity index (χ0n) is 11.8. The maximum atomic E-state index is 10.1. The third-order valence-electron chi connectivity index (χ3n) is 3.54. The molecule has 0 aliphatic heterocycles. The molecule has 116 valence electrons. The van der Waals surface area contributed by atoms with E-state index in [1.807, 2.05) is 30.3 Å². The van der Waals surface area contributed by atoms with E-state index < -0.39 is 5.92 Å². The lowest BCUT2D eigenvalue weighted by molar-refractivity contribution is 0.407. The van der Waals surface area contributed by atoms with Crippen molar-refractivity contribution < 1.29 is 10.2 Å². The van der Waals surface area contributed by atoms with Crippen molar-refractivity contribution >= 4 is 23.2 Å². The Kier molecular flexibility index (Phi) is 4.37. The first-order valence-electron chi connectivity index (χ1n) is 6.80. The molecule has 0 aliphatic rings. The molecule has 2 N–H and O–H groups in total. The van der Waals surface area contributed by atoms with E-state index in [1.54, 1.807) is 18.2 Å². The zero-order valence-corrected chi connectivity index (χ0v) is 13.3. The number of aromatic nitrogens is 2. The molecule has 0 aliphatic carbocycles. The molecule has 2 aromatic carbocycles. The van der Waals surface area contributed by atoms with Crippen molar-refractivity contribution in [1.82, 2.24) is 9.97 Å². The Hall–Kier alpha value is -2.30. The van der Waals surface area contributed by atoms with Crippen LogP contribution in [0.15, 0.2) is 54.9 Å². The van der Waals surface area contributed by atoms with Gasteiger partial charge in [-0.2, -0.15) is 0 Å². The average molecular weight is 347 g/mol. The smallest absolute Gasteiger partial charge is 0.222 e. The van der Waals surface area contributed by atoms with Crippen molar-refractivity contribution in [3.05, 3.63) is 81.6 Å². The molecular weight excluding hydrogens is 335 g/mol. The van der Waals surface area contributed by atoms with Gasteiger partial charge < -0.3 is 10.2 Å². The van der Waals surface area contributed by atoms with Gasteiger partial charge >= 0.3 is 0 Å². The third-order valence-corrected chi connectivity index (χ3v) is 4.10. The molecule has 0 radical (unpaired) electrons. The highest BCUT2D eigenvalue weighted by Crippen LogP contribution is 2.42. The van der Waals surface area contributed by atoms with E-state index >= 15 is 0 Å². The van der Waals surface area contributed by atoms with Gasteiger partial charge in [0.25, 0.3) is 0 Å². The maximum Gasteiger partial charge on any atom is 0.222 e. The van der Waals surface area contributed by atoms with Crippen LogP contribution in [-0.2, 0) is 0 Å². The van der Waals surface area contributed by atoms with Crippen LogP contribution in [0.25, 0.3) is 0 Å². The Bertz CT molecular complexity index is 821. The number of halogens is 2. The predicted octanol–water partition coefficient (Wildman–Crippen LogP) is 4.37. The van der Waals surface area contributed by atoms with Crippen LogP contribution >= 0.6 is 23.2 Å². The molecule has 3 aromatic rings. The van der Waals surface area contributed by atoms with Gasteiger partial charge in [0.15, 0.2) is 0 Å². The van der Waals surface area contributed by atoms with Crippen LogP contribution in [0.4, 0.5) is 0 Å². The van der Waals surface area contributed by atoms with Crippen molar-refractivity contribution in [3.8, 4) is 11.8 Å². The summed E-state index contributed by atoms with van der Waals surface area (Å²) in [4.78, 5) is 7.55. The second kappa shape index (κ2) is 6.44. The maximum absolute atomic E-state index is 10.1. The van der Waals surface area contributed by atoms with Gasteiger partial charge in [0, 0.05) is 16.0 Å². The molecule has 0 spiro atoms. The highest BCUT2D eigenvalue weighted by molar-refractivity contribution is 6.35. The van der Waals surface area contributed by atoms with E-state index in [4.69, 9.17) is 23.2 Å². The van der Waals surface area contributed by atoms with Crippen molar-refractivity contribution in [2.24, 2.45) is 0 Å². The van der Waals surface area contributed by atoms with Crippen LogP contribution in [0, 0.1) is 0 Å². The normalized spacial score (nSPS) is 12.1. The van der Waals surface area contributed by atoms with Gasteiger partial charge in [0.2, 0.25) is 11.8 Å². The number of hydrogen-bond acceptors (Lipinski definition) is 4. The Morgan fingerprint density at radius 3 is 2.13 bits per heavy atom. The summed E-state index contributed by atoms with van der Waals surface area (Å²) in [5.41, 5.74) is 1.71. The Morgan fingerprint density at radius 2 is 1.52 bits per heavy atom. The summed E-state index contributed by atoms with van der Waals surface area (Å²) in [6.07, 6.45) is 1.10. The lowest BCUT2D eigenvalue weighted by Gasteiger charge is -2.20. The largest absolute Gasteiger partial charge is 0.493 e. The Labute approximate surface area is 143 Å². The predicted molar refractivity (Wildman–Crippen MR) is 89.2 cm³/mol. The third kappa shape index (κ3) is 3.09. The molecular formula is C17H12Cl2N2O2. The van der Waals surface area contributed by atoms with E-state index in [0.29, 0.717) is 15.6 Å². The zero-order chi connectivity index (χ0) is 16.4.